The molecule has 0 unspecified atom stereocenters. The van der Waals surface area contributed by atoms with Crippen molar-refractivity contribution in [1.29, 1.82) is 0 Å². The van der Waals surface area contributed by atoms with E-state index in [9.17, 15) is 19.2 Å². The molecule has 0 fully saturated rings. The van der Waals surface area contributed by atoms with E-state index in [1.165, 1.54) is 283 Å². The minimum atomic E-state index is -0.164. The number of hydrogen-bond acceptors (Lipinski definition) is 4. The van der Waals surface area contributed by atoms with Gasteiger partial charge in [0.05, 0.1) is 0 Å². The summed E-state index contributed by atoms with van der Waals surface area (Å²) >= 11 is 0. The molecule has 0 bridgehead atoms. The highest BCUT2D eigenvalue weighted by Crippen LogP contribution is 2.14. The van der Waals surface area contributed by atoms with Gasteiger partial charge in [0.25, 0.3) is 0 Å². The lowest BCUT2D eigenvalue weighted by atomic mass is 10.1. The third-order valence-corrected chi connectivity index (χ3v) is 14.7. The molecule has 8 N–H and O–H groups in total. The van der Waals surface area contributed by atoms with Gasteiger partial charge in [0.2, 0.25) is 23.6 Å². The van der Waals surface area contributed by atoms with Crippen LogP contribution in [0.3, 0.4) is 0 Å². The molecule has 80 heavy (non-hydrogen) atoms. The van der Waals surface area contributed by atoms with E-state index < -0.39 is 0 Å². The number of primary amides is 4. The maximum atomic E-state index is 10.5. The van der Waals surface area contributed by atoms with Crippen molar-refractivity contribution in [3.63, 3.8) is 0 Å². The molecular weight excluding hydrogens is 985 g/mol. The van der Waals surface area contributed by atoms with Crippen molar-refractivity contribution >= 4 is 23.6 Å². The van der Waals surface area contributed by atoms with E-state index in [0.29, 0.717) is 25.7 Å². The van der Waals surface area contributed by atoms with E-state index >= 15 is 0 Å². The lowest BCUT2D eigenvalue weighted by Gasteiger charge is -1.99. The fraction of sp³-hybridized carbons (Fsp3) is 0.833. The normalized spacial score (nSPS) is 11.2. The zero-order valence-electron chi connectivity index (χ0n) is 54.2. The second kappa shape index (κ2) is 80.1. The molecule has 0 saturated carbocycles. The Balaban J connectivity index is -0.000000481. The van der Waals surface area contributed by atoms with Crippen LogP contribution in [0.2, 0.25) is 0 Å². The van der Waals surface area contributed by atoms with Gasteiger partial charge in [-0.2, -0.15) is 0 Å². The fourth-order valence-corrected chi connectivity index (χ4v) is 9.48. The first kappa shape index (κ1) is 83.3. The molecule has 0 aromatic carbocycles. The Morgan fingerprint density at radius 2 is 0.300 bits per heavy atom. The first-order chi connectivity index (χ1) is 39.1. The lowest BCUT2D eigenvalue weighted by molar-refractivity contribution is -0.119. The van der Waals surface area contributed by atoms with Crippen LogP contribution < -0.4 is 22.9 Å². The average molecular weight is 1130 g/mol. The molecule has 0 radical (unpaired) electrons. The van der Waals surface area contributed by atoms with Crippen LogP contribution in [0.5, 0.6) is 0 Å². The van der Waals surface area contributed by atoms with Gasteiger partial charge < -0.3 is 22.9 Å². The van der Waals surface area contributed by atoms with Gasteiger partial charge in [0.15, 0.2) is 0 Å². The highest BCUT2D eigenvalue weighted by Gasteiger charge is 1.99. The largest absolute Gasteiger partial charge is 0.370 e. The van der Waals surface area contributed by atoms with Gasteiger partial charge in [-0.25, -0.2) is 0 Å². The lowest BCUT2D eigenvalue weighted by Crippen LogP contribution is -2.09. The molecule has 0 spiro atoms. The number of unbranched alkanes of at least 4 members (excludes halogenated alkanes) is 44. The van der Waals surface area contributed by atoms with Crippen LogP contribution >= 0.6 is 0 Å². The number of rotatable bonds is 60. The molecule has 4 amide bonds. The SMILES string of the molecule is CCCCCCCC/C=C\CCCCCCCC(N)=O.CCCCCCCC/C=C\CCCCCCCC(N)=O.CCCCCCCC/C=C\CCCCCCCC(N)=O.CCCCCCCC/C=C\CCCCCCCC(N)=O. The van der Waals surface area contributed by atoms with Gasteiger partial charge in [-0.05, 0) is 128 Å². The minimum Gasteiger partial charge on any atom is -0.370 e. The molecule has 0 aromatic rings. The summed E-state index contributed by atoms with van der Waals surface area (Å²) in [6.07, 6.45) is 87.7. The van der Waals surface area contributed by atoms with Crippen molar-refractivity contribution in [2.24, 2.45) is 22.9 Å². The van der Waals surface area contributed by atoms with Crippen molar-refractivity contribution in [2.75, 3.05) is 0 Å². The number of carbonyl (C=O) groups excluding carboxylic acids is 4. The molecule has 0 heterocycles. The van der Waals surface area contributed by atoms with Crippen LogP contribution in [-0.2, 0) is 19.2 Å². The summed E-state index contributed by atoms with van der Waals surface area (Å²) in [6, 6.07) is 0. The molecule has 0 saturated heterocycles. The van der Waals surface area contributed by atoms with E-state index in [2.05, 4.69) is 76.3 Å². The van der Waals surface area contributed by atoms with E-state index in [0.717, 1.165) is 51.4 Å². The first-order valence-corrected chi connectivity index (χ1v) is 34.8. The van der Waals surface area contributed by atoms with E-state index in [4.69, 9.17) is 22.9 Å². The molecular formula is C72H140N4O4. The third-order valence-electron chi connectivity index (χ3n) is 14.7. The summed E-state index contributed by atoms with van der Waals surface area (Å²) in [5, 5.41) is 0. The topological polar surface area (TPSA) is 172 Å². The molecule has 0 aromatic heterocycles. The second-order valence-corrected chi connectivity index (χ2v) is 23.2. The summed E-state index contributed by atoms with van der Waals surface area (Å²) in [4.78, 5) is 42.2. The quantitative estimate of drug-likeness (QED) is 0.0351. The third kappa shape index (κ3) is 97.1. The Morgan fingerprint density at radius 3 is 0.425 bits per heavy atom. The Hall–Kier alpha value is -3.16. The summed E-state index contributed by atoms with van der Waals surface area (Å²) < 4.78 is 0. The fourth-order valence-electron chi connectivity index (χ4n) is 9.48. The van der Waals surface area contributed by atoms with Gasteiger partial charge in [0, 0.05) is 25.7 Å². The smallest absolute Gasteiger partial charge is 0.217 e. The highest BCUT2D eigenvalue weighted by atomic mass is 16.2. The zero-order chi connectivity index (χ0) is 59.6. The van der Waals surface area contributed by atoms with E-state index in [1.807, 2.05) is 0 Å². The Bertz CT molecular complexity index is 1140. The molecule has 8 heteroatoms. The van der Waals surface area contributed by atoms with Crippen molar-refractivity contribution in [3.8, 4) is 0 Å². The second-order valence-electron chi connectivity index (χ2n) is 23.2. The first-order valence-electron chi connectivity index (χ1n) is 34.8. The molecule has 0 aliphatic rings. The molecule has 0 aliphatic carbocycles. The van der Waals surface area contributed by atoms with Crippen LogP contribution in [0, 0.1) is 0 Å². The van der Waals surface area contributed by atoms with Gasteiger partial charge in [-0.15, -0.1) is 0 Å². The highest BCUT2D eigenvalue weighted by molar-refractivity contribution is 5.74. The van der Waals surface area contributed by atoms with Crippen LogP contribution in [0.25, 0.3) is 0 Å². The van der Waals surface area contributed by atoms with E-state index in [1.54, 1.807) is 0 Å². The Labute approximate surface area is 499 Å². The number of hydrogen-bond donors (Lipinski definition) is 4. The summed E-state index contributed by atoms with van der Waals surface area (Å²) in [5.74, 6) is -0.657. The van der Waals surface area contributed by atoms with Crippen LogP contribution in [0.15, 0.2) is 48.6 Å². The maximum Gasteiger partial charge on any atom is 0.217 e. The van der Waals surface area contributed by atoms with Crippen LogP contribution in [-0.4, -0.2) is 23.6 Å². The maximum absolute atomic E-state index is 10.5. The Kier molecular flexibility index (Phi) is 83.4. The predicted molar refractivity (Wildman–Crippen MR) is 355 cm³/mol. The van der Waals surface area contributed by atoms with Gasteiger partial charge in [-0.3, -0.25) is 19.2 Å². The molecule has 0 rings (SSSR count). The molecule has 0 atom stereocenters. The minimum absolute atomic E-state index is 0.164. The number of nitrogens with two attached hydrogens (primary N) is 4. The van der Waals surface area contributed by atoms with Gasteiger partial charge >= 0.3 is 0 Å². The van der Waals surface area contributed by atoms with Crippen molar-refractivity contribution < 1.29 is 19.2 Å². The molecule has 8 nitrogen and oxygen atoms in total. The van der Waals surface area contributed by atoms with Crippen LogP contribution in [0.4, 0.5) is 0 Å². The zero-order valence-corrected chi connectivity index (χ0v) is 54.2. The monoisotopic (exact) mass is 1130 g/mol. The summed E-state index contributed by atoms with van der Waals surface area (Å²) in [7, 11) is 0. The van der Waals surface area contributed by atoms with Crippen molar-refractivity contribution in [2.45, 2.75) is 387 Å². The summed E-state index contributed by atoms with van der Waals surface area (Å²) in [5.41, 5.74) is 20.4. The van der Waals surface area contributed by atoms with Crippen LogP contribution in [0.1, 0.15) is 387 Å². The van der Waals surface area contributed by atoms with Crippen molar-refractivity contribution in [1.82, 2.24) is 0 Å². The number of carbonyl (C=O) groups is 4. The van der Waals surface area contributed by atoms with Gasteiger partial charge in [0.1, 0.15) is 0 Å². The molecule has 472 valence electrons. The predicted octanol–water partition coefficient (Wildman–Crippen LogP) is 22.0. The average Bonchev–Trinajstić information content (AvgIpc) is 3.43. The summed E-state index contributed by atoms with van der Waals surface area (Å²) in [6.45, 7) is 9.06. The van der Waals surface area contributed by atoms with Crippen molar-refractivity contribution in [3.05, 3.63) is 48.6 Å². The van der Waals surface area contributed by atoms with Gasteiger partial charge in [-0.1, -0.05) is 282 Å². The van der Waals surface area contributed by atoms with E-state index in [-0.39, 0.29) is 23.6 Å². The standard InChI is InChI=1S/4C18H35NO/c4*1-2-3-4-5-6-7-8-9-10-11-12-13-14-15-16-17-18(19)20/h4*9-10H,2-8,11-17H2,1H3,(H2,19,20)/b4*10-9-. The number of amides is 4. The molecule has 0 aliphatic heterocycles. The number of allylic oxidation sites excluding steroid dienone is 8. The Morgan fingerprint density at radius 1 is 0.188 bits per heavy atom.